The van der Waals surface area contributed by atoms with E-state index in [0.717, 1.165) is 32.6 Å². The van der Waals surface area contributed by atoms with Gasteiger partial charge in [0.1, 0.15) is 0 Å². The number of amides is 1. The molecule has 0 aromatic heterocycles. The van der Waals surface area contributed by atoms with E-state index in [1.165, 1.54) is 0 Å². The minimum atomic E-state index is 0.137. The molecule has 0 rings (SSSR count). The van der Waals surface area contributed by atoms with E-state index >= 15 is 0 Å². The SMILES string of the molecule is CCN(CC)CC(=O)NCCCN(C)C. The number of rotatable bonds is 8. The Morgan fingerprint density at radius 2 is 1.80 bits per heavy atom. The van der Waals surface area contributed by atoms with Crippen molar-refractivity contribution in [1.82, 2.24) is 15.1 Å². The first kappa shape index (κ1) is 14.4. The van der Waals surface area contributed by atoms with E-state index < -0.39 is 0 Å². The van der Waals surface area contributed by atoms with Crippen LogP contribution in [0.5, 0.6) is 0 Å². The molecule has 0 atom stereocenters. The van der Waals surface area contributed by atoms with Crippen molar-refractivity contribution in [2.45, 2.75) is 20.3 Å². The highest BCUT2D eigenvalue weighted by molar-refractivity contribution is 5.77. The van der Waals surface area contributed by atoms with Gasteiger partial charge in [-0.15, -0.1) is 0 Å². The standard InChI is InChI=1S/C11H25N3O/c1-5-14(6-2)10-11(15)12-8-7-9-13(3)4/h5-10H2,1-4H3,(H,12,15). The molecule has 4 heteroatoms. The average Bonchev–Trinajstić information content (AvgIpc) is 2.20. The predicted octanol–water partition coefficient (Wildman–Crippen LogP) is 0.396. The van der Waals surface area contributed by atoms with E-state index in [0.29, 0.717) is 6.54 Å². The van der Waals surface area contributed by atoms with Crippen molar-refractivity contribution in [2.24, 2.45) is 0 Å². The molecule has 15 heavy (non-hydrogen) atoms. The molecular weight excluding hydrogens is 190 g/mol. The van der Waals surface area contributed by atoms with Crippen molar-refractivity contribution < 1.29 is 4.79 Å². The Morgan fingerprint density at radius 3 is 2.27 bits per heavy atom. The molecular formula is C11H25N3O. The van der Waals surface area contributed by atoms with Crippen LogP contribution in [0, 0.1) is 0 Å². The topological polar surface area (TPSA) is 35.6 Å². The van der Waals surface area contributed by atoms with Gasteiger partial charge in [-0.05, 0) is 40.2 Å². The first-order chi connectivity index (χ1) is 7.10. The van der Waals surface area contributed by atoms with E-state index in [1.807, 2.05) is 14.1 Å². The molecule has 0 unspecified atom stereocenters. The summed E-state index contributed by atoms with van der Waals surface area (Å²) in [5.41, 5.74) is 0. The largest absolute Gasteiger partial charge is 0.355 e. The molecule has 0 aromatic rings. The lowest BCUT2D eigenvalue weighted by Crippen LogP contribution is -2.37. The molecule has 0 aromatic carbocycles. The molecule has 0 aliphatic heterocycles. The first-order valence-electron chi connectivity index (χ1n) is 5.73. The second kappa shape index (κ2) is 8.68. The Hall–Kier alpha value is -0.610. The van der Waals surface area contributed by atoms with E-state index in [4.69, 9.17) is 0 Å². The van der Waals surface area contributed by atoms with Crippen molar-refractivity contribution >= 4 is 5.91 Å². The van der Waals surface area contributed by atoms with Gasteiger partial charge in [-0.2, -0.15) is 0 Å². The number of nitrogens with zero attached hydrogens (tertiary/aromatic N) is 2. The van der Waals surface area contributed by atoms with Gasteiger partial charge in [-0.25, -0.2) is 0 Å². The monoisotopic (exact) mass is 215 g/mol. The maximum atomic E-state index is 11.4. The lowest BCUT2D eigenvalue weighted by atomic mass is 10.4. The zero-order valence-corrected chi connectivity index (χ0v) is 10.5. The summed E-state index contributed by atoms with van der Waals surface area (Å²) in [5, 5.41) is 2.93. The fourth-order valence-electron chi connectivity index (χ4n) is 1.33. The highest BCUT2D eigenvalue weighted by Crippen LogP contribution is 1.86. The average molecular weight is 215 g/mol. The highest BCUT2D eigenvalue weighted by atomic mass is 16.2. The molecule has 0 saturated heterocycles. The molecule has 0 saturated carbocycles. The first-order valence-corrected chi connectivity index (χ1v) is 5.73. The van der Waals surface area contributed by atoms with Gasteiger partial charge in [0.2, 0.25) is 5.91 Å². The van der Waals surface area contributed by atoms with Crippen molar-refractivity contribution in [3.63, 3.8) is 0 Å². The van der Waals surface area contributed by atoms with Crippen LogP contribution >= 0.6 is 0 Å². The summed E-state index contributed by atoms with van der Waals surface area (Å²) in [7, 11) is 4.08. The van der Waals surface area contributed by atoms with Gasteiger partial charge in [-0.1, -0.05) is 13.8 Å². The molecule has 0 aliphatic carbocycles. The zero-order valence-electron chi connectivity index (χ0n) is 10.5. The van der Waals surface area contributed by atoms with Crippen LogP contribution in [0.15, 0.2) is 0 Å². The molecule has 0 fully saturated rings. The van der Waals surface area contributed by atoms with Crippen LogP contribution in [-0.4, -0.2) is 62.5 Å². The summed E-state index contributed by atoms with van der Waals surface area (Å²) in [6.07, 6.45) is 1.01. The normalized spacial score (nSPS) is 11.1. The minimum absolute atomic E-state index is 0.137. The Morgan fingerprint density at radius 1 is 1.20 bits per heavy atom. The van der Waals surface area contributed by atoms with Crippen LogP contribution in [0.3, 0.4) is 0 Å². The summed E-state index contributed by atoms with van der Waals surface area (Å²) in [4.78, 5) is 15.7. The summed E-state index contributed by atoms with van der Waals surface area (Å²) >= 11 is 0. The minimum Gasteiger partial charge on any atom is -0.355 e. The van der Waals surface area contributed by atoms with Crippen LogP contribution in [0.25, 0.3) is 0 Å². The quantitative estimate of drug-likeness (QED) is 0.595. The molecule has 0 aliphatic rings. The third-order valence-corrected chi connectivity index (χ3v) is 2.37. The number of nitrogens with one attached hydrogen (secondary N) is 1. The third-order valence-electron chi connectivity index (χ3n) is 2.37. The molecule has 1 N–H and O–H groups in total. The Labute approximate surface area is 93.6 Å². The molecule has 4 nitrogen and oxygen atoms in total. The highest BCUT2D eigenvalue weighted by Gasteiger charge is 2.05. The maximum absolute atomic E-state index is 11.4. The smallest absolute Gasteiger partial charge is 0.234 e. The number of carbonyl (C=O) groups excluding carboxylic acids is 1. The van der Waals surface area contributed by atoms with Crippen molar-refractivity contribution in [3.8, 4) is 0 Å². The fraction of sp³-hybridized carbons (Fsp3) is 0.909. The van der Waals surface area contributed by atoms with E-state index in [9.17, 15) is 4.79 Å². The number of carbonyl (C=O) groups is 1. The molecule has 0 bridgehead atoms. The molecule has 0 radical (unpaired) electrons. The summed E-state index contributed by atoms with van der Waals surface area (Å²) in [6.45, 7) is 8.33. The predicted molar refractivity (Wildman–Crippen MR) is 64.0 cm³/mol. The summed E-state index contributed by atoms with van der Waals surface area (Å²) in [6, 6.07) is 0. The number of hydrogen-bond donors (Lipinski definition) is 1. The molecule has 0 spiro atoms. The van der Waals surface area contributed by atoms with Gasteiger partial charge in [0, 0.05) is 6.54 Å². The molecule has 1 amide bonds. The van der Waals surface area contributed by atoms with Crippen molar-refractivity contribution in [2.75, 3.05) is 46.8 Å². The molecule has 90 valence electrons. The van der Waals surface area contributed by atoms with Crippen LogP contribution in [-0.2, 0) is 4.79 Å². The van der Waals surface area contributed by atoms with Gasteiger partial charge < -0.3 is 10.2 Å². The maximum Gasteiger partial charge on any atom is 0.234 e. The van der Waals surface area contributed by atoms with Crippen LogP contribution in [0.4, 0.5) is 0 Å². The molecule has 0 heterocycles. The van der Waals surface area contributed by atoms with Gasteiger partial charge in [0.25, 0.3) is 0 Å². The van der Waals surface area contributed by atoms with Gasteiger partial charge in [0.15, 0.2) is 0 Å². The lowest BCUT2D eigenvalue weighted by molar-refractivity contribution is -0.122. The third kappa shape index (κ3) is 8.39. The second-order valence-electron chi connectivity index (χ2n) is 3.97. The van der Waals surface area contributed by atoms with Crippen molar-refractivity contribution in [1.29, 1.82) is 0 Å². The van der Waals surface area contributed by atoms with E-state index in [2.05, 4.69) is 29.0 Å². The van der Waals surface area contributed by atoms with Crippen LogP contribution in [0.2, 0.25) is 0 Å². The van der Waals surface area contributed by atoms with E-state index in [-0.39, 0.29) is 5.91 Å². The Kier molecular flexibility index (Phi) is 8.33. The van der Waals surface area contributed by atoms with Crippen molar-refractivity contribution in [3.05, 3.63) is 0 Å². The fourth-order valence-corrected chi connectivity index (χ4v) is 1.33. The summed E-state index contributed by atoms with van der Waals surface area (Å²) in [5.74, 6) is 0.137. The van der Waals surface area contributed by atoms with Crippen LogP contribution < -0.4 is 5.32 Å². The van der Waals surface area contributed by atoms with Crippen LogP contribution in [0.1, 0.15) is 20.3 Å². The van der Waals surface area contributed by atoms with Gasteiger partial charge >= 0.3 is 0 Å². The van der Waals surface area contributed by atoms with E-state index in [1.54, 1.807) is 0 Å². The zero-order chi connectivity index (χ0) is 11.7. The number of likely N-dealkylation sites (N-methyl/N-ethyl adjacent to an activating group) is 1. The summed E-state index contributed by atoms with van der Waals surface area (Å²) < 4.78 is 0. The van der Waals surface area contributed by atoms with Gasteiger partial charge in [0.05, 0.1) is 6.54 Å². The van der Waals surface area contributed by atoms with Gasteiger partial charge in [-0.3, -0.25) is 9.69 Å². The lowest BCUT2D eigenvalue weighted by Gasteiger charge is -2.17. The Balaban J connectivity index is 3.48. The Bertz CT molecular complexity index is 167. The second-order valence-corrected chi connectivity index (χ2v) is 3.97. The number of hydrogen-bond acceptors (Lipinski definition) is 3.